The first-order chi connectivity index (χ1) is 21.8. The molecule has 1 saturated carbocycles. The normalized spacial score (nSPS) is 17.9. The van der Waals surface area contributed by atoms with E-state index < -0.39 is 71.4 Å². The fraction of sp³-hybridized carbons (Fsp3) is 0.606. The number of nitrogens with one attached hydrogen (secondary N) is 4. The molecule has 0 spiro atoms. The Labute approximate surface area is 269 Å². The van der Waals surface area contributed by atoms with E-state index in [0.29, 0.717) is 24.8 Å². The van der Waals surface area contributed by atoms with E-state index in [1.807, 2.05) is 13.8 Å². The minimum Gasteiger partial charge on any atom is -0.467 e. The zero-order valence-corrected chi connectivity index (χ0v) is 27.3. The molecule has 1 heterocycles. The average Bonchev–Trinajstić information content (AvgIpc) is 3.70. The van der Waals surface area contributed by atoms with Gasteiger partial charge in [0.05, 0.1) is 7.11 Å². The van der Waals surface area contributed by atoms with E-state index in [1.165, 1.54) is 12.0 Å². The van der Waals surface area contributed by atoms with Crippen molar-refractivity contribution >= 4 is 41.3 Å². The van der Waals surface area contributed by atoms with E-state index in [-0.39, 0.29) is 31.3 Å². The largest absolute Gasteiger partial charge is 0.467 e. The third kappa shape index (κ3) is 10.4. The zero-order chi connectivity index (χ0) is 34.0. The van der Waals surface area contributed by atoms with Gasteiger partial charge in [-0.05, 0) is 62.5 Å². The number of ether oxygens (including phenoxy) is 1. The third-order valence-corrected chi connectivity index (χ3v) is 8.06. The van der Waals surface area contributed by atoms with Crippen LogP contribution in [0.3, 0.4) is 0 Å². The number of likely N-dealkylation sites (tertiary alicyclic amines) is 1. The molecule has 2 aliphatic rings. The molecule has 13 nitrogen and oxygen atoms in total. The molecule has 1 saturated heterocycles. The van der Waals surface area contributed by atoms with Crippen molar-refractivity contribution in [3.05, 3.63) is 35.9 Å². The number of amides is 5. The maximum atomic E-state index is 13.9. The lowest BCUT2D eigenvalue weighted by Crippen LogP contribution is -2.59. The molecule has 2 fully saturated rings. The molecule has 4 atom stereocenters. The second-order valence-electron chi connectivity index (χ2n) is 12.7. The molecular formula is C33H47N5O8. The Morgan fingerprint density at radius 1 is 0.891 bits per heavy atom. The summed E-state index contributed by atoms with van der Waals surface area (Å²) in [6.45, 7) is 7.60. The average molecular weight is 642 g/mol. The molecule has 5 amide bonds. The number of methoxy groups -OCH3 is 1. The number of rotatable bonds is 16. The molecule has 1 aromatic carbocycles. The van der Waals surface area contributed by atoms with E-state index >= 15 is 0 Å². The van der Waals surface area contributed by atoms with Gasteiger partial charge < -0.3 is 30.9 Å². The Kier molecular flexibility index (Phi) is 13.3. The second kappa shape index (κ2) is 16.9. The van der Waals surface area contributed by atoms with E-state index in [1.54, 1.807) is 44.2 Å². The number of nitrogens with zero attached hydrogens (tertiary/aromatic N) is 1. The van der Waals surface area contributed by atoms with Crippen LogP contribution in [0.2, 0.25) is 0 Å². The number of carbonyl (C=O) groups excluding carboxylic acids is 7. The minimum absolute atomic E-state index is 0.0100. The van der Waals surface area contributed by atoms with Gasteiger partial charge in [0.1, 0.15) is 24.2 Å². The van der Waals surface area contributed by atoms with Crippen LogP contribution in [0, 0.1) is 11.8 Å². The van der Waals surface area contributed by atoms with Crippen molar-refractivity contribution in [3.8, 4) is 0 Å². The summed E-state index contributed by atoms with van der Waals surface area (Å²) >= 11 is 0. The van der Waals surface area contributed by atoms with Crippen LogP contribution in [-0.4, -0.2) is 90.1 Å². The van der Waals surface area contributed by atoms with Crippen LogP contribution >= 0.6 is 0 Å². The molecule has 46 heavy (non-hydrogen) atoms. The first-order valence-electron chi connectivity index (χ1n) is 16.0. The number of Topliss-reactive ketones (excluding diaryl/α,β-unsaturated/α-hetero) is 1. The van der Waals surface area contributed by atoms with Crippen molar-refractivity contribution in [2.45, 2.75) is 103 Å². The molecule has 0 radical (unpaired) electrons. The summed E-state index contributed by atoms with van der Waals surface area (Å²) in [6, 6.07) is 4.22. The molecule has 3 unspecified atom stereocenters. The van der Waals surface area contributed by atoms with Crippen LogP contribution in [0.4, 0.5) is 0 Å². The van der Waals surface area contributed by atoms with Crippen molar-refractivity contribution < 1.29 is 38.3 Å². The Balaban J connectivity index is 1.74. The highest BCUT2D eigenvalue weighted by molar-refractivity contribution is 6.36. The Bertz CT molecular complexity index is 1280. The highest BCUT2D eigenvalue weighted by Gasteiger charge is 2.40. The summed E-state index contributed by atoms with van der Waals surface area (Å²) < 4.78 is 4.85. The number of carbonyl (C=O) groups is 7. The van der Waals surface area contributed by atoms with Crippen molar-refractivity contribution in [2.24, 2.45) is 11.8 Å². The monoisotopic (exact) mass is 641 g/mol. The van der Waals surface area contributed by atoms with Crippen LogP contribution < -0.4 is 21.3 Å². The maximum Gasteiger partial charge on any atom is 0.328 e. The van der Waals surface area contributed by atoms with Gasteiger partial charge in [-0.15, -0.1) is 0 Å². The first-order valence-corrected chi connectivity index (χ1v) is 16.0. The minimum atomic E-state index is -1.23. The summed E-state index contributed by atoms with van der Waals surface area (Å²) in [6.07, 6.45) is 2.46. The molecule has 1 aromatic rings. The molecule has 3 rings (SSSR count). The van der Waals surface area contributed by atoms with E-state index in [0.717, 1.165) is 12.8 Å². The predicted molar refractivity (Wildman–Crippen MR) is 168 cm³/mol. The first kappa shape index (κ1) is 36.2. The van der Waals surface area contributed by atoms with E-state index in [9.17, 15) is 33.6 Å². The van der Waals surface area contributed by atoms with E-state index in [4.69, 9.17) is 4.74 Å². The fourth-order valence-electron chi connectivity index (χ4n) is 5.33. The van der Waals surface area contributed by atoms with Crippen molar-refractivity contribution in [3.63, 3.8) is 0 Å². The SMILES string of the molecule is COC(=O)C(CC(C)C)NC(=O)[C@@H]1CCCN1C(=O)C(NC(=O)C(CCC(=O)C(=O)NC1CC1)NC(=O)c1ccccc1)C(C)C. The van der Waals surface area contributed by atoms with Crippen molar-refractivity contribution in [2.75, 3.05) is 13.7 Å². The Morgan fingerprint density at radius 2 is 1.57 bits per heavy atom. The number of esters is 1. The lowest BCUT2D eigenvalue weighted by atomic mass is 10.00. The summed E-state index contributed by atoms with van der Waals surface area (Å²) in [4.78, 5) is 92.3. The Morgan fingerprint density at radius 3 is 2.15 bits per heavy atom. The van der Waals surface area contributed by atoms with Gasteiger partial charge in [-0.2, -0.15) is 0 Å². The van der Waals surface area contributed by atoms with Gasteiger partial charge in [-0.25, -0.2) is 4.79 Å². The van der Waals surface area contributed by atoms with Crippen LogP contribution in [0.25, 0.3) is 0 Å². The summed E-state index contributed by atoms with van der Waals surface area (Å²) in [5, 5.41) is 10.7. The van der Waals surface area contributed by atoms with Crippen LogP contribution in [0.5, 0.6) is 0 Å². The van der Waals surface area contributed by atoms with Gasteiger partial charge in [-0.1, -0.05) is 45.9 Å². The van der Waals surface area contributed by atoms with Gasteiger partial charge in [0.15, 0.2) is 0 Å². The van der Waals surface area contributed by atoms with Gasteiger partial charge >= 0.3 is 5.97 Å². The lowest BCUT2D eigenvalue weighted by Gasteiger charge is -2.32. The quantitative estimate of drug-likeness (QED) is 0.154. The number of hydrogen-bond donors (Lipinski definition) is 4. The van der Waals surface area contributed by atoms with Gasteiger partial charge in [0, 0.05) is 24.6 Å². The summed E-state index contributed by atoms with van der Waals surface area (Å²) in [5.74, 6) is -4.52. The molecule has 252 valence electrons. The smallest absolute Gasteiger partial charge is 0.328 e. The predicted octanol–water partition coefficient (Wildman–Crippen LogP) is 1.25. The highest BCUT2D eigenvalue weighted by atomic mass is 16.5. The highest BCUT2D eigenvalue weighted by Crippen LogP contribution is 2.22. The van der Waals surface area contributed by atoms with E-state index in [2.05, 4.69) is 21.3 Å². The van der Waals surface area contributed by atoms with Gasteiger partial charge in [0.2, 0.25) is 23.5 Å². The molecule has 1 aliphatic heterocycles. The molecule has 0 bridgehead atoms. The standard InChI is InChI=1S/C33H47N5O8/c1-19(2)18-24(33(45)46-5)36-30(42)25-12-9-17-38(25)32(44)27(20(3)4)37-29(41)23(35-28(40)21-10-7-6-8-11-21)15-16-26(39)31(43)34-22-13-14-22/h6-8,10-11,19-20,22-25,27H,9,12-18H2,1-5H3,(H,34,43)(H,35,40)(H,36,42)(H,37,41)/t23?,24?,25-,27?/m0/s1. The summed E-state index contributed by atoms with van der Waals surface area (Å²) in [5.41, 5.74) is 0.295. The maximum absolute atomic E-state index is 13.9. The van der Waals surface area contributed by atoms with Crippen LogP contribution in [0.15, 0.2) is 30.3 Å². The van der Waals surface area contributed by atoms with Crippen molar-refractivity contribution in [1.82, 2.24) is 26.2 Å². The second-order valence-corrected chi connectivity index (χ2v) is 12.7. The van der Waals surface area contributed by atoms with Gasteiger partial charge in [0.25, 0.3) is 11.8 Å². The molecule has 1 aliphatic carbocycles. The third-order valence-electron chi connectivity index (χ3n) is 8.06. The lowest BCUT2D eigenvalue weighted by molar-refractivity contribution is -0.147. The number of benzene rings is 1. The molecule has 0 aromatic heterocycles. The van der Waals surface area contributed by atoms with Crippen molar-refractivity contribution in [1.29, 1.82) is 0 Å². The number of ketones is 1. The van der Waals surface area contributed by atoms with Crippen LogP contribution in [0.1, 0.15) is 83.0 Å². The van der Waals surface area contributed by atoms with Crippen LogP contribution in [-0.2, 0) is 33.5 Å². The van der Waals surface area contributed by atoms with Gasteiger partial charge in [-0.3, -0.25) is 28.8 Å². The topological polar surface area (TPSA) is 180 Å². The molecular weight excluding hydrogens is 594 g/mol. The zero-order valence-electron chi connectivity index (χ0n) is 27.3. The fourth-order valence-corrected chi connectivity index (χ4v) is 5.33. The Hall–Kier alpha value is -4.29. The molecule has 4 N–H and O–H groups in total. The summed E-state index contributed by atoms with van der Waals surface area (Å²) in [7, 11) is 1.25. The number of hydrogen-bond acceptors (Lipinski definition) is 8. The molecule has 13 heteroatoms.